The number of likely N-dealkylation sites (N-methyl/N-ethyl adjacent to an activating group) is 1. The van der Waals surface area contributed by atoms with Gasteiger partial charge in [-0.2, -0.15) is 0 Å². The number of sulfonamides is 1. The number of ether oxygens (including phenoxy) is 1. The monoisotopic (exact) mass is 506 g/mol. The van der Waals surface area contributed by atoms with Crippen LogP contribution in [0.2, 0.25) is 0 Å². The molecule has 0 unspecified atom stereocenters. The minimum Gasteiger partial charge on any atom is -0.492 e. The number of nitrogens with zero attached hydrogens (tertiary/aromatic N) is 1. The number of hydrogen-bond acceptors (Lipinski definition) is 5. The molecular weight excluding hydrogens is 472 g/mol. The summed E-state index contributed by atoms with van der Waals surface area (Å²) in [7, 11) is 0.130. The van der Waals surface area contributed by atoms with Crippen molar-refractivity contribution in [2.75, 3.05) is 32.0 Å². The molecule has 0 radical (unpaired) electrons. The van der Waals surface area contributed by atoms with Gasteiger partial charge in [0.15, 0.2) is 5.78 Å². The first kappa shape index (κ1) is 27.2. The number of ketones is 1. The van der Waals surface area contributed by atoms with Gasteiger partial charge in [0, 0.05) is 17.7 Å². The number of carbonyl (C=O) groups excluding carboxylic acids is 1. The van der Waals surface area contributed by atoms with Gasteiger partial charge in [0.1, 0.15) is 12.4 Å². The highest BCUT2D eigenvalue weighted by Crippen LogP contribution is 2.29. The zero-order chi connectivity index (χ0) is 26.3. The first-order chi connectivity index (χ1) is 17.0. The highest BCUT2D eigenvalue weighted by molar-refractivity contribution is 7.92. The van der Waals surface area contributed by atoms with Crippen LogP contribution in [0.5, 0.6) is 5.75 Å². The second-order valence-electron chi connectivity index (χ2n) is 9.82. The standard InChI is InChI=1S/C29H34N2O4S/c1-29(2,3)23-16-18-28(35-20-19-31(4)5)22(21-23)15-17-27(32)25-13-9-10-14-26(25)30-36(33,34)24-11-7-6-8-12-24/h6-18,21,30H,19-20H2,1-5H3. The largest absolute Gasteiger partial charge is 0.492 e. The van der Waals surface area contributed by atoms with Crippen molar-refractivity contribution in [2.45, 2.75) is 31.1 Å². The molecule has 0 aromatic heterocycles. The molecule has 0 aliphatic carbocycles. The second-order valence-corrected chi connectivity index (χ2v) is 11.5. The average Bonchev–Trinajstić information content (AvgIpc) is 2.83. The van der Waals surface area contributed by atoms with Gasteiger partial charge in [0.05, 0.1) is 10.6 Å². The third kappa shape index (κ3) is 7.29. The first-order valence-electron chi connectivity index (χ1n) is 11.8. The van der Waals surface area contributed by atoms with Gasteiger partial charge in [-0.1, -0.05) is 57.2 Å². The van der Waals surface area contributed by atoms with Gasteiger partial charge in [0.25, 0.3) is 10.0 Å². The summed E-state index contributed by atoms with van der Waals surface area (Å²) >= 11 is 0. The molecule has 0 aliphatic heterocycles. The Bertz CT molecular complexity index is 1320. The summed E-state index contributed by atoms with van der Waals surface area (Å²) in [5.41, 5.74) is 2.32. The molecule has 0 amide bonds. The lowest BCUT2D eigenvalue weighted by Crippen LogP contribution is -2.19. The minimum absolute atomic E-state index is 0.0723. The molecule has 6 nitrogen and oxygen atoms in total. The molecule has 0 bridgehead atoms. The fraction of sp³-hybridized carbons (Fsp3) is 0.276. The Morgan fingerprint density at radius 2 is 1.64 bits per heavy atom. The van der Waals surface area contributed by atoms with E-state index in [1.807, 2.05) is 37.2 Å². The number of allylic oxidation sites excluding steroid dienone is 1. The highest BCUT2D eigenvalue weighted by Gasteiger charge is 2.18. The lowest BCUT2D eigenvalue weighted by atomic mass is 9.86. The van der Waals surface area contributed by atoms with Crippen LogP contribution in [-0.4, -0.2) is 46.3 Å². The molecule has 36 heavy (non-hydrogen) atoms. The van der Waals surface area contributed by atoms with E-state index in [1.54, 1.807) is 48.5 Å². The summed E-state index contributed by atoms with van der Waals surface area (Å²) in [5.74, 6) is 0.369. The summed E-state index contributed by atoms with van der Waals surface area (Å²) in [6.07, 6.45) is 3.18. The van der Waals surface area contributed by atoms with Gasteiger partial charge in [-0.05, 0) is 73.6 Å². The Hall–Kier alpha value is -3.42. The molecule has 1 N–H and O–H groups in total. The van der Waals surface area contributed by atoms with Crippen LogP contribution in [0.4, 0.5) is 5.69 Å². The van der Waals surface area contributed by atoms with Crippen molar-refractivity contribution in [3.05, 3.63) is 95.6 Å². The quantitative estimate of drug-likeness (QED) is 0.285. The molecular formula is C29H34N2O4S. The maximum atomic E-state index is 13.2. The van der Waals surface area contributed by atoms with E-state index < -0.39 is 10.0 Å². The first-order valence-corrected chi connectivity index (χ1v) is 13.3. The zero-order valence-corrected chi connectivity index (χ0v) is 22.3. The predicted molar refractivity (Wildman–Crippen MR) is 146 cm³/mol. The van der Waals surface area contributed by atoms with Crippen molar-refractivity contribution in [1.29, 1.82) is 0 Å². The molecule has 0 spiro atoms. The molecule has 0 saturated carbocycles. The van der Waals surface area contributed by atoms with E-state index in [0.717, 1.165) is 17.7 Å². The summed E-state index contributed by atoms with van der Waals surface area (Å²) in [6, 6.07) is 20.6. The fourth-order valence-electron chi connectivity index (χ4n) is 3.46. The third-order valence-electron chi connectivity index (χ3n) is 5.58. The van der Waals surface area contributed by atoms with E-state index in [9.17, 15) is 13.2 Å². The van der Waals surface area contributed by atoms with Gasteiger partial charge in [-0.3, -0.25) is 9.52 Å². The van der Waals surface area contributed by atoms with Crippen molar-refractivity contribution >= 4 is 27.6 Å². The molecule has 7 heteroatoms. The van der Waals surface area contributed by atoms with Crippen LogP contribution >= 0.6 is 0 Å². The molecule has 0 atom stereocenters. The van der Waals surface area contributed by atoms with Crippen molar-refractivity contribution in [3.63, 3.8) is 0 Å². The summed E-state index contributed by atoms with van der Waals surface area (Å²) < 4.78 is 34.2. The van der Waals surface area contributed by atoms with Gasteiger partial charge in [-0.25, -0.2) is 8.42 Å². The van der Waals surface area contributed by atoms with Crippen molar-refractivity contribution in [3.8, 4) is 5.75 Å². The van der Waals surface area contributed by atoms with E-state index in [1.165, 1.54) is 18.2 Å². The number of para-hydroxylation sites is 1. The van der Waals surface area contributed by atoms with Crippen LogP contribution in [0.25, 0.3) is 6.08 Å². The summed E-state index contributed by atoms with van der Waals surface area (Å²) in [5, 5.41) is 0. The number of rotatable bonds is 10. The smallest absolute Gasteiger partial charge is 0.261 e. The van der Waals surface area contributed by atoms with E-state index in [2.05, 4.69) is 25.5 Å². The lowest BCUT2D eigenvalue weighted by Gasteiger charge is -2.21. The minimum atomic E-state index is -3.83. The lowest BCUT2D eigenvalue weighted by molar-refractivity contribution is 0.104. The van der Waals surface area contributed by atoms with Crippen molar-refractivity contribution in [2.24, 2.45) is 0 Å². The predicted octanol–water partition coefficient (Wildman–Crippen LogP) is 5.62. The van der Waals surface area contributed by atoms with Crippen LogP contribution in [0.15, 0.2) is 83.8 Å². The Kier molecular flexibility index (Phi) is 8.71. The van der Waals surface area contributed by atoms with Gasteiger partial charge < -0.3 is 9.64 Å². The Balaban J connectivity index is 1.89. The molecule has 3 aromatic carbocycles. The van der Waals surface area contributed by atoms with Crippen molar-refractivity contribution < 1.29 is 17.9 Å². The van der Waals surface area contributed by atoms with Crippen molar-refractivity contribution in [1.82, 2.24) is 4.90 Å². The van der Waals surface area contributed by atoms with E-state index >= 15 is 0 Å². The number of anilines is 1. The zero-order valence-electron chi connectivity index (χ0n) is 21.5. The SMILES string of the molecule is CN(C)CCOc1ccc(C(C)(C)C)cc1C=CC(=O)c1ccccc1NS(=O)(=O)c1ccccc1. The van der Waals surface area contributed by atoms with Gasteiger partial charge in [0.2, 0.25) is 0 Å². The second kappa shape index (κ2) is 11.5. The average molecular weight is 507 g/mol. The van der Waals surface area contributed by atoms with Crippen LogP contribution in [0.1, 0.15) is 42.3 Å². The third-order valence-corrected chi connectivity index (χ3v) is 6.96. The fourth-order valence-corrected chi connectivity index (χ4v) is 4.56. The number of hydrogen-bond donors (Lipinski definition) is 1. The highest BCUT2D eigenvalue weighted by atomic mass is 32.2. The summed E-state index contributed by atoms with van der Waals surface area (Å²) in [4.78, 5) is 15.4. The molecule has 0 saturated heterocycles. The van der Waals surface area contributed by atoms with E-state index in [4.69, 9.17) is 4.74 Å². The Morgan fingerprint density at radius 1 is 0.972 bits per heavy atom. The topological polar surface area (TPSA) is 75.7 Å². The van der Waals surface area contributed by atoms with Crippen LogP contribution < -0.4 is 9.46 Å². The van der Waals surface area contributed by atoms with Gasteiger partial charge in [-0.15, -0.1) is 0 Å². The molecule has 3 aromatic rings. The molecule has 190 valence electrons. The number of benzene rings is 3. The van der Waals surface area contributed by atoms with E-state index in [0.29, 0.717) is 12.4 Å². The Morgan fingerprint density at radius 3 is 2.31 bits per heavy atom. The maximum absolute atomic E-state index is 13.2. The van der Waals surface area contributed by atoms with Crippen LogP contribution in [-0.2, 0) is 15.4 Å². The molecule has 0 aliphatic rings. The van der Waals surface area contributed by atoms with Crippen LogP contribution in [0, 0.1) is 0 Å². The molecule has 0 fully saturated rings. The van der Waals surface area contributed by atoms with Crippen LogP contribution in [0.3, 0.4) is 0 Å². The van der Waals surface area contributed by atoms with Gasteiger partial charge >= 0.3 is 0 Å². The number of carbonyl (C=O) groups is 1. The molecule has 3 rings (SSSR count). The summed E-state index contributed by atoms with van der Waals surface area (Å²) in [6.45, 7) is 7.66. The number of nitrogens with one attached hydrogen (secondary N) is 1. The maximum Gasteiger partial charge on any atom is 0.261 e. The molecule has 0 heterocycles. The van der Waals surface area contributed by atoms with E-state index in [-0.39, 0.29) is 27.3 Å². The Labute approximate surface area is 214 Å². The normalized spacial score (nSPS) is 12.2.